The van der Waals surface area contributed by atoms with Gasteiger partial charge in [0.1, 0.15) is 5.54 Å². The van der Waals surface area contributed by atoms with Gasteiger partial charge < -0.3 is 4.90 Å². The fourth-order valence-corrected chi connectivity index (χ4v) is 3.13. The predicted molar refractivity (Wildman–Crippen MR) is 74.2 cm³/mol. The Morgan fingerprint density at radius 3 is 2.67 bits per heavy atom. The van der Waals surface area contributed by atoms with Crippen molar-refractivity contribution in [1.82, 2.24) is 10.2 Å². The lowest BCUT2D eigenvalue weighted by atomic mass is 9.94. The molecule has 2 fully saturated rings. The van der Waals surface area contributed by atoms with Crippen LogP contribution in [0.4, 0.5) is 0 Å². The van der Waals surface area contributed by atoms with Crippen molar-refractivity contribution < 1.29 is 0 Å². The predicted octanol–water partition coefficient (Wildman–Crippen LogP) is 2.53. The highest BCUT2D eigenvalue weighted by atomic mass is 15.2. The molecule has 0 radical (unpaired) electrons. The van der Waals surface area contributed by atoms with Crippen molar-refractivity contribution in [2.75, 3.05) is 13.1 Å². The molecule has 3 atom stereocenters. The quantitative estimate of drug-likeness (QED) is 0.786. The van der Waals surface area contributed by atoms with Crippen LogP contribution < -0.4 is 5.32 Å². The lowest BCUT2D eigenvalue weighted by Crippen LogP contribution is -2.47. The summed E-state index contributed by atoms with van der Waals surface area (Å²) in [4.78, 5) is 2.57. The molecule has 1 N–H and O–H groups in total. The van der Waals surface area contributed by atoms with Crippen LogP contribution in [-0.2, 0) is 0 Å². The number of hydrogen-bond donors (Lipinski definition) is 1. The summed E-state index contributed by atoms with van der Waals surface area (Å²) in [6.07, 6.45) is 6.05. The third-order valence-corrected chi connectivity index (χ3v) is 4.57. The summed E-state index contributed by atoms with van der Waals surface area (Å²) in [5.41, 5.74) is -0.342. The summed E-state index contributed by atoms with van der Waals surface area (Å²) in [6.45, 7) is 9.07. The third kappa shape index (κ3) is 3.46. The average Bonchev–Trinajstić information content (AvgIpc) is 3.01. The molecule has 1 saturated carbocycles. The van der Waals surface area contributed by atoms with Gasteiger partial charge in [-0.25, -0.2) is 0 Å². The van der Waals surface area contributed by atoms with E-state index >= 15 is 0 Å². The smallest absolute Gasteiger partial charge is 0.105 e. The van der Waals surface area contributed by atoms with Gasteiger partial charge in [-0.3, -0.25) is 5.32 Å². The fourth-order valence-electron chi connectivity index (χ4n) is 3.13. The molecule has 0 aromatic carbocycles. The molecule has 102 valence electrons. The second-order valence-electron chi connectivity index (χ2n) is 6.47. The van der Waals surface area contributed by atoms with Crippen LogP contribution >= 0.6 is 0 Å². The van der Waals surface area contributed by atoms with Crippen LogP contribution in [0.25, 0.3) is 0 Å². The largest absolute Gasteiger partial charge is 0.300 e. The molecule has 1 aliphatic heterocycles. The summed E-state index contributed by atoms with van der Waals surface area (Å²) >= 11 is 0. The molecule has 1 heterocycles. The molecule has 0 bridgehead atoms. The summed E-state index contributed by atoms with van der Waals surface area (Å²) in [5.74, 6) is 0.872. The van der Waals surface area contributed by atoms with Gasteiger partial charge in [-0.1, -0.05) is 13.3 Å². The van der Waals surface area contributed by atoms with Crippen molar-refractivity contribution in [1.29, 1.82) is 5.26 Å². The Morgan fingerprint density at radius 1 is 1.44 bits per heavy atom. The number of nitriles is 1. The van der Waals surface area contributed by atoms with E-state index in [-0.39, 0.29) is 5.54 Å². The van der Waals surface area contributed by atoms with Crippen LogP contribution in [0.5, 0.6) is 0 Å². The first-order chi connectivity index (χ1) is 8.56. The zero-order chi connectivity index (χ0) is 13.2. The van der Waals surface area contributed by atoms with E-state index in [1.54, 1.807) is 0 Å². The van der Waals surface area contributed by atoms with Crippen molar-refractivity contribution in [3.05, 3.63) is 0 Å². The molecular formula is C15H27N3. The number of nitrogens with one attached hydrogen (secondary N) is 1. The number of likely N-dealkylation sites (tertiary alicyclic amines) is 1. The topological polar surface area (TPSA) is 39.1 Å². The first-order valence-electron chi connectivity index (χ1n) is 7.49. The minimum absolute atomic E-state index is 0.342. The molecular weight excluding hydrogens is 222 g/mol. The maximum Gasteiger partial charge on any atom is 0.105 e. The zero-order valence-corrected chi connectivity index (χ0v) is 12.1. The fraction of sp³-hybridized carbons (Fsp3) is 0.933. The Bertz CT molecular complexity index is 318. The zero-order valence-electron chi connectivity index (χ0n) is 12.1. The molecule has 0 spiro atoms. The second-order valence-corrected chi connectivity index (χ2v) is 6.47. The van der Waals surface area contributed by atoms with Crippen molar-refractivity contribution >= 4 is 0 Å². The van der Waals surface area contributed by atoms with Crippen LogP contribution in [0.2, 0.25) is 0 Å². The van der Waals surface area contributed by atoms with E-state index < -0.39 is 0 Å². The van der Waals surface area contributed by atoms with E-state index in [0.29, 0.717) is 12.1 Å². The summed E-state index contributed by atoms with van der Waals surface area (Å²) in [5, 5.41) is 12.9. The van der Waals surface area contributed by atoms with E-state index in [9.17, 15) is 5.26 Å². The molecule has 2 aliphatic rings. The van der Waals surface area contributed by atoms with Gasteiger partial charge in [-0.2, -0.15) is 5.26 Å². The van der Waals surface area contributed by atoms with E-state index in [2.05, 4.69) is 37.1 Å². The van der Waals surface area contributed by atoms with Crippen molar-refractivity contribution in [2.24, 2.45) is 5.92 Å². The molecule has 0 aromatic rings. The average molecular weight is 249 g/mol. The van der Waals surface area contributed by atoms with Gasteiger partial charge in [0.2, 0.25) is 0 Å². The molecule has 0 amide bonds. The van der Waals surface area contributed by atoms with Crippen LogP contribution in [-0.4, -0.2) is 35.6 Å². The Labute approximate surface area is 112 Å². The Balaban J connectivity index is 1.85. The van der Waals surface area contributed by atoms with Gasteiger partial charge in [-0.05, 0) is 52.0 Å². The van der Waals surface area contributed by atoms with E-state index in [4.69, 9.17) is 0 Å². The molecule has 3 unspecified atom stereocenters. The number of hydrogen-bond acceptors (Lipinski definition) is 3. The lowest BCUT2D eigenvalue weighted by molar-refractivity contribution is 0.205. The highest BCUT2D eigenvalue weighted by Crippen LogP contribution is 2.28. The normalized spacial score (nSPS) is 29.8. The Morgan fingerprint density at radius 2 is 2.17 bits per heavy atom. The monoisotopic (exact) mass is 249 g/mol. The van der Waals surface area contributed by atoms with Crippen molar-refractivity contribution in [3.63, 3.8) is 0 Å². The van der Waals surface area contributed by atoms with Crippen LogP contribution in [0, 0.1) is 17.2 Å². The van der Waals surface area contributed by atoms with Crippen LogP contribution in [0.1, 0.15) is 52.9 Å². The third-order valence-electron chi connectivity index (χ3n) is 4.57. The molecule has 3 heteroatoms. The Hall–Kier alpha value is -0.590. The van der Waals surface area contributed by atoms with E-state index in [1.807, 2.05) is 0 Å². The van der Waals surface area contributed by atoms with Gasteiger partial charge in [0.15, 0.2) is 0 Å². The van der Waals surface area contributed by atoms with E-state index in [0.717, 1.165) is 12.3 Å². The summed E-state index contributed by atoms with van der Waals surface area (Å²) in [7, 11) is 0. The minimum atomic E-state index is -0.342. The maximum atomic E-state index is 9.42. The number of nitrogens with zero attached hydrogens (tertiary/aromatic N) is 2. The minimum Gasteiger partial charge on any atom is -0.300 e. The van der Waals surface area contributed by atoms with Gasteiger partial charge in [-0.15, -0.1) is 0 Å². The molecule has 3 nitrogen and oxygen atoms in total. The SMILES string of the molecule is CCC1CCN(C(C)CC(C)(C#N)NC2CC2)C1. The molecule has 1 saturated heterocycles. The van der Waals surface area contributed by atoms with Crippen LogP contribution in [0.3, 0.4) is 0 Å². The second kappa shape index (κ2) is 5.59. The van der Waals surface area contributed by atoms with Gasteiger partial charge >= 0.3 is 0 Å². The molecule has 18 heavy (non-hydrogen) atoms. The molecule has 1 aliphatic carbocycles. The number of rotatable bonds is 6. The molecule has 0 aromatic heterocycles. The first kappa shape index (κ1) is 13.8. The highest BCUT2D eigenvalue weighted by Gasteiger charge is 2.35. The van der Waals surface area contributed by atoms with Gasteiger partial charge in [0.05, 0.1) is 6.07 Å². The summed E-state index contributed by atoms with van der Waals surface area (Å²) in [6, 6.07) is 3.60. The highest BCUT2D eigenvalue weighted by molar-refractivity contribution is 5.08. The van der Waals surface area contributed by atoms with Crippen molar-refractivity contribution in [3.8, 4) is 6.07 Å². The van der Waals surface area contributed by atoms with Gasteiger partial charge in [0.25, 0.3) is 0 Å². The first-order valence-corrected chi connectivity index (χ1v) is 7.49. The standard InChI is InChI=1S/C15H27N3/c1-4-13-7-8-18(10-13)12(2)9-15(3,11-16)17-14-5-6-14/h12-14,17H,4-10H2,1-3H3. The Kier molecular flexibility index (Phi) is 4.29. The van der Waals surface area contributed by atoms with Gasteiger partial charge in [0, 0.05) is 18.6 Å². The maximum absolute atomic E-state index is 9.42. The lowest BCUT2D eigenvalue weighted by Gasteiger charge is -2.32. The summed E-state index contributed by atoms with van der Waals surface area (Å²) < 4.78 is 0. The van der Waals surface area contributed by atoms with Crippen molar-refractivity contribution in [2.45, 2.75) is 70.5 Å². The molecule has 2 rings (SSSR count). The van der Waals surface area contributed by atoms with Crippen LogP contribution in [0.15, 0.2) is 0 Å². The van der Waals surface area contributed by atoms with E-state index in [1.165, 1.54) is 38.8 Å².